The highest BCUT2D eigenvalue weighted by molar-refractivity contribution is 7.98. The predicted octanol–water partition coefficient (Wildman–Crippen LogP) is 3.64. The predicted molar refractivity (Wildman–Crippen MR) is 83.6 cm³/mol. The number of hydrogen-bond donors (Lipinski definition) is 0. The summed E-state index contributed by atoms with van der Waals surface area (Å²) in [5, 5.41) is 8.53. The second-order valence-corrected chi connectivity index (χ2v) is 5.64. The number of hydrogen-bond acceptors (Lipinski definition) is 6. The highest BCUT2D eigenvalue weighted by Gasteiger charge is 2.08. The molecule has 22 heavy (non-hydrogen) atoms. The minimum absolute atomic E-state index is 0.268. The zero-order valence-electron chi connectivity index (χ0n) is 12.1. The Morgan fingerprint density at radius 1 is 1.18 bits per heavy atom. The van der Waals surface area contributed by atoms with Gasteiger partial charge in [0.05, 0.1) is 0 Å². The molecular weight excluding hydrogens is 298 g/mol. The molecule has 1 aromatic carbocycles. The van der Waals surface area contributed by atoms with Crippen LogP contribution in [0.1, 0.15) is 17.0 Å². The van der Waals surface area contributed by atoms with Crippen molar-refractivity contribution in [2.24, 2.45) is 0 Å². The maximum atomic E-state index is 5.63. The fourth-order valence-electron chi connectivity index (χ4n) is 1.83. The monoisotopic (exact) mass is 313 g/mol. The number of benzene rings is 1. The number of pyridine rings is 1. The molecular formula is C16H15N3O2S. The van der Waals surface area contributed by atoms with E-state index in [1.165, 1.54) is 11.8 Å². The Morgan fingerprint density at radius 3 is 2.95 bits per heavy atom. The first kappa shape index (κ1) is 14.6. The highest BCUT2D eigenvalue weighted by Crippen LogP contribution is 2.21. The summed E-state index contributed by atoms with van der Waals surface area (Å²) >= 11 is 1.48. The van der Waals surface area contributed by atoms with Crippen molar-refractivity contribution in [1.82, 2.24) is 15.2 Å². The van der Waals surface area contributed by atoms with Crippen LogP contribution in [0.15, 0.2) is 58.4 Å². The fraction of sp³-hybridized carbons (Fsp3) is 0.188. The minimum atomic E-state index is 0.268. The summed E-state index contributed by atoms with van der Waals surface area (Å²) in [4.78, 5) is 4.07. The Bertz CT molecular complexity index is 731. The van der Waals surface area contributed by atoms with E-state index in [1.54, 1.807) is 6.20 Å². The number of thioether (sulfide) groups is 1. The average molecular weight is 313 g/mol. The van der Waals surface area contributed by atoms with Crippen LogP contribution in [-0.4, -0.2) is 15.2 Å². The Hall–Kier alpha value is -2.34. The van der Waals surface area contributed by atoms with Gasteiger partial charge in [0.1, 0.15) is 5.75 Å². The first-order valence-electron chi connectivity index (χ1n) is 6.83. The first-order valence-corrected chi connectivity index (χ1v) is 7.82. The lowest BCUT2D eigenvalue weighted by Gasteiger charge is -2.03. The number of rotatable bonds is 6. The minimum Gasteiger partial charge on any atom is -0.484 e. The Balaban J connectivity index is 1.53. The third-order valence-electron chi connectivity index (χ3n) is 2.89. The lowest BCUT2D eigenvalue weighted by molar-refractivity contribution is 0.252. The van der Waals surface area contributed by atoms with Crippen LogP contribution < -0.4 is 4.74 Å². The topological polar surface area (TPSA) is 61.0 Å². The van der Waals surface area contributed by atoms with Crippen molar-refractivity contribution in [2.75, 3.05) is 0 Å². The van der Waals surface area contributed by atoms with Gasteiger partial charge in [-0.15, -0.1) is 10.2 Å². The zero-order valence-corrected chi connectivity index (χ0v) is 12.9. The van der Waals surface area contributed by atoms with Gasteiger partial charge in [0, 0.05) is 18.1 Å². The summed E-state index contributed by atoms with van der Waals surface area (Å²) in [6, 6.07) is 11.8. The van der Waals surface area contributed by atoms with E-state index in [4.69, 9.17) is 9.15 Å². The molecule has 2 aromatic heterocycles. The van der Waals surface area contributed by atoms with Crippen LogP contribution >= 0.6 is 11.8 Å². The molecule has 0 saturated heterocycles. The molecule has 0 fully saturated rings. The summed E-state index contributed by atoms with van der Waals surface area (Å²) in [7, 11) is 0. The summed E-state index contributed by atoms with van der Waals surface area (Å²) in [6.45, 7) is 2.29. The summed E-state index contributed by atoms with van der Waals surface area (Å²) in [5.74, 6) is 2.01. The van der Waals surface area contributed by atoms with Crippen molar-refractivity contribution in [3.05, 3.63) is 65.8 Å². The first-order chi connectivity index (χ1) is 10.8. The van der Waals surface area contributed by atoms with Crippen LogP contribution in [-0.2, 0) is 12.4 Å². The lowest BCUT2D eigenvalue weighted by atomic mass is 10.2. The lowest BCUT2D eigenvalue weighted by Crippen LogP contribution is -1.95. The van der Waals surface area contributed by atoms with Gasteiger partial charge in [-0.2, -0.15) is 0 Å². The van der Waals surface area contributed by atoms with Gasteiger partial charge in [0.15, 0.2) is 6.61 Å². The van der Waals surface area contributed by atoms with Crippen LogP contribution in [0, 0.1) is 6.92 Å². The standard InChI is InChI=1S/C16H15N3O2S/c1-12-4-2-6-14(8-12)20-10-15-18-19-16(21-15)22-11-13-5-3-7-17-9-13/h2-9H,10-11H2,1H3. The molecule has 0 saturated carbocycles. The number of aromatic nitrogens is 3. The van der Waals surface area contributed by atoms with Gasteiger partial charge >= 0.3 is 0 Å². The fourth-order valence-corrected chi connectivity index (χ4v) is 2.55. The van der Waals surface area contributed by atoms with E-state index in [0.29, 0.717) is 11.1 Å². The molecule has 0 aliphatic rings. The molecule has 112 valence electrons. The van der Waals surface area contributed by atoms with E-state index in [1.807, 2.05) is 49.5 Å². The van der Waals surface area contributed by atoms with Gasteiger partial charge in [-0.3, -0.25) is 4.98 Å². The van der Waals surface area contributed by atoms with Gasteiger partial charge < -0.3 is 9.15 Å². The van der Waals surface area contributed by atoms with E-state index in [-0.39, 0.29) is 6.61 Å². The molecule has 0 unspecified atom stereocenters. The second kappa shape index (κ2) is 7.09. The highest BCUT2D eigenvalue weighted by atomic mass is 32.2. The molecule has 6 heteroatoms. The van der Waals surface area contributed by atoms with Crippen molar-refractivity contribution >= 4 is 11.8 Å². The van der Waals surface area contributed by atoms with Crippen LogP contribution in [0.3, 0.4) is 0 Å². The van der Waals surface area contributed by atoms with Crippen LogP contribution in [0.25, 0.3) is 0 Å². The zero-order chi connectivity index (χ0) is 15.2. The molecule has 0 spiro atoms. The van der Waals surface area contributed by atoms with E-state index < -0.39 is 0 Å². The van der Waals surface area contributed by atoms with Gasteiger partial charge in [-0.05, 0) is 36.2 Å². The Morgan fingerprint density at radius 2 is 2.14 bits per heavy atom. The smallest absolute Gasteiger partial charge is 0.277 e. The maximum absolute atomic E-state index is 5.63. The molecule has 0 amide bonds. The Labute approximate surface area is 132 Å². The van der Waals surface area contributed by atoms with E-state index in [2.05, 4.69) is 15.2 Å². The molecule has 5 nitrogen and oxygen atoms in total. The van der Waals surface area contributed by atoms with Gasteiger partial charge in [0.25, 0.3) is 11.1 Å². The van der Waals surface area contributed by atoms with Crippen molar-refractivity contribution in [1.29, 1.82) is 0 Å². The molecule has 0 N–H and O–H groups in total. The van der Waals surface area contributed by atoms with Gasteiger partial charge in [-0.1, -0.05) is 30.0 Å². The molecule has 0 atom stereocenters. The third kappa shape index (κ3) is 4.08. The third-order valence-corrected chi connectivity index (χ3v) is 3.77. The summed E-state index contributed by atoms with van der Waals surface area (Å²) < 4.78 is 11.2. The number of aryl methyl sites for hydroxylation is 1. The molecule has 0 bridgehead atoms. The van der Waals surface area contributed by atoms with E-state index in [0.717, 1.165) is 22.6 Å². The van der Waals surface area contributed by atoms with E-state index >= 15 is 0 Å². The van der Waals surface area contributed by atoms with E-state index in [9.17, 15) is 0 Å². The second-order valence-electron chi connectivity index (χ2n) is 4.72. The quantitative estimate of drug-likeness (QED) is 0.647. The molecule has 0 aliphatic heterocycles. The normalized spacial score (nSPS) is 10.6. The van der Waals surface area contributed by atoms with Crippen molar-refractivity contribution in [2.45, 2.75) is 24.5 Å². The van der Waals surface area contributed by atoms with Crippen molar-refractivity contribution < 1.29 is 9.15 Å². The average Bonchev–Trinajstić information content (AvgIpc) is 3.00. The van der Waals surface area contributed by atoms with Crippen LogP contribution in [0.2, 0.25) is 0 Å². The van der Waals surface area contributed by atoms with Gasteiger partial charge in [0.2, 0.25) is 0 Å². The SMILES string of the molecule is Cc1cccc(OCc2nnc(SCc3cccnc3)o2)c1. The largest absolute Gasteiger partial charge is 0.484 e. The molecule has 2 heterocycles. The van der Waals surface area contributed by atoms with Crippen LogP contribution in [0.4, 0.5) is 0 Å². The maximum Gasteiger partial charge on any atom is 0.277 e. The Kier molecular flexibility index (Phi) is 4.70. The molecule has 3 aromatic rings. The van der Waals surface area contributed by atoms with Crippen molar-refractivity contribution in [3.8, 4) is 5.75 Å². The van der Waals surface area contributed by atoms with Crippen molar-refractivity contribution in [3.63, 3.8) is 0 Å². The summed E-state index contributed by atoms with van der Waals surface area (Å²) in [6.07, 6.45) is 3.58. The molecule has 0 radical (unpaired) electrons. The van der Waals surface area contributed by atoms with Gasteiger partial charge in [-0.25, -0.2) is 0 Å². The van der Waals surface area contributed by atoms with Crippen LogP contribution in [0.5, 0.6) is 5.75 Å². The molecule has 3 rings (SSSR count). The number of nitrogens with zero attached hydrogens (tertiary/aromatic N) is 3. The number of ether oxygens (including phenoxy) is 1. The molecule has 0 aliphatic carbocycles. The summed E-state index contributed by atoms with van der Waals surface area (Å²) in [5.41, 5.74) is 2.26.